The lowest BCUT2D eigenvalue weighted by Crippen LogP contribution is -2.43. The molecule has 0 fully saturated rings. The van der Waals surface area contributed by atoms with Crippen molar-refractivity contribution in [3.8, 4) is 17.2 Å². The molecule has 4 atom stereocenters. The first-order valence-electron chi connectivity index (χ1n) is 24.6. The number of aliphatic hydroxyl groups excluding tert-OH is 2. The van der Waals surface area contributed by atoms with Crippen LogP contribution in [0, 0.1) is 6.92 Å². The fraction of sp³-hybridized carbons (Fsp3) is 0.404. The number of carbonyl (C=O) groups excluding carboxylic acids is 4. The van der Waals surface area contributed by atoms with Crippen molar-refractivity contribution in [1.82, 2.24) is 0 Å². The number of ether oxygens (including phenoxy) is 3. The first kappa shape index (κ1) is 50.2. The van der Waals surface area contributed by atoms with E-state index in [0.717, 1.165) is 56.9 Å². The van der Waals surface area contributed by atoms with Crippen LogP contribution in [0.5, 0.6) is 17.2 Å². The number of benzene rings is 5. The highest BCUT2D eigenvalue weighted by Crippen LogP contribution is 2.43. The number of hydrogen-bond donors (Lipinski definition) is 2. The molecule has 0 bridgehead atoms. The Labute approximate surface area is 424 Å². The predicted octanol–water partition coefficient (Wildman–Crippen LogP) is 9.80. The lowest BCUT2D eigenvalue weighted by atomic mass is 9.96. The number of aryl methyl sites for hydroxylation is 1. The highest BCUT2D eigenvalue weighted by molar-refractivity contribution is 8.77. The number of anilines is 3. The molecule has 0 aromatic heterocycles. The van der Waals surface area contributed by atoms with Gasteiger partial charge in [-0.3, -0.25) is 19.2 Å². The van der Waals surface area contributed by atoms with Crippen LogP contribution in [-0.2, 0) is 48.5 Å². The van der Waals surface area contributed by atoms with Gasteiger partial charge in [-0.15, -0.1) is 0 Å². The largest absolute Gasteiger partial charge is 0.493 e. The molecular weight excluding hydrogens is 935 g/mol. The Bertz CT molecular complexity index is 2870. The summed E-state index contributed by atoms with van der Waals surface area (Å²) in [7, 11) is 6.80. The summed E-state index contributed by atoms with van der Waals surface area (Å²) in [6.45, 7) is 8.31. The Balaban J connectivity index is 0.954. The second-order valence-electron chi connectivity index (χ2n) is 19.8. The second-order valence-corrected chi connectivity index (χ2v) is 23.0. The molecule has 3 amide bonds. The van der Waals surface area contributed by atoms with Crippen molar-refractivity contribution >= 4 is 62.2 Å². The molecule has 0 spiro atoms. The monoisotopic (exact) mass is 997 g/mol. The molecule has 4 aliphatic rings. The summed E-state index contributed by atoms with van der Waals surface area (Å²) in [4.78, 5) is 59.2. The molecule has 5 aromatic rings. The van der Waals surface area contributed by atoms with Crippen molar-refractivity contribution < 1.29 is 43.6 Å². The predicted molar refractivity (Wildman–Crippen MR) is 281 cm³/mol. The Hall–Kier alpha value is -5.80. The van der Waals surface area contributed by atoms with E-state index in [0.29, 0.717) is 84.6 Å². The number of fused-ring (bicyclic) bond motifs is 8. The first-order chi connectivity index (χ1) is 34.1. The number of carbonyl (C=O) groups is 4. The molecule has 0 saturated carbocycles. The fourth-order valence-electron chi connectivity index (χ4n) is 10.3. The summed E-state index contributed by atoms with van der Waals surface area (Å²) < 4.78 is 18.7. The van der Waals surface area contributed by atoms with Gasteiger partial charge in [-0.25, -0.2) is 0 Å². The van der Waals surface area contributed by atoms with E-state index in [4.69, 9.17) is 14.2 Å². The molecule has 0 radical (unpaired) electrons. The van der Waals surface area contributed by atoms with Crippen LogP contribution in [0.1, 0.15) is 113 Å². The lowest BCUT2D eigenvalue weighted by Gasteiger charge is -2.26. The molecule has 4 aliphatic heterocycles. The van der Waals surface area contributed by atoms with Crippen LogP contribution in [-0.4, -0.2) is 82.7 Å². The molecule has 5 aromatic carbocycles. The Morgan fingerprint density at radius 3 is 1.85 bits per heavy atom. The molecular formula is C57H63N3O9S2. The molecule has 12 nitrogen and oxygen atoms in total. The van der Waals surface area contributed by atoms with Crippen molar-refractivity contribution in [2.75, 3.05) is 34.6 Å². The van der Waals surface area contributed by atoms with Gasteiger partial charge in [0.05, 0.1) is 31.4 Å². The fourth-order valence-corrected chi connectivity index (χ4v) is 13.0. The van der Waals surface area contributed by atoms with E-state index in [9.17, 15) is 29.4 Å². The van der Waals surface area contributed by atoms with Crippen LogP contribution >= 0.6 is 21.6 Å². The van der Waals surface area contributed by atoms with Crippen LogP contribution in [0.15, 0.2) is 91.0 Å². The minimum atomic E-state index is -0.796. The van der Waals surface area contributed by atoms with Crippen LogP contribution < -0.4 is 28.9 Å². The third kappa shape index (κ3) is 10.6. The summed E-state index contributed by atoms with van der Waals surface area (Å²) in [5.74, 6) is 2.16. The highest BCUT2D eigenvalue weighted by Gasteiger charge is 2.43. The number of rotatable bonds is 18. The average molecular weight is 998 g/mol. The zero-order valence-corrected chi connectivity index (χ0v) is 43.0. The minimum absolute atomic E-state index is 0.0473. The van der Waals surface area contributed by atoms with E-state index in [1.165, 1.54) is 7.11 Å². The number of hydrogen-bond acceptors (Lipinski definition) is 11. The quantitative estimate of drug-likeness (QED) is 0.0639. The molecule has 372 valence electrons. The topological polar surface area (TPSA) is 146 Å². The molecule has 71 heavy (non-hydrogen) atoms. The number of methoxy groups -OCH3 is 1. The molecule has 2 N–H and O–H groups in total. The van der Waals surface area contributed by atoms with Crippen molar-refractivity contribution in [2.24, 2.45) is 0 Å². The number of ketones is 1. The lowest BCUT2D eigenvalue weighted by molar-refractivity contribution is -0.119. The smallest absolute Gasteiger partial charge is 0.259 e. The number of nitrogens with zero attached hydrogens (tertiary/aromatic N) is 3. The number of Topliss-reactive ketones (excluding diaryl/α,β-unsaturated/α-hetero) is 1. The zero-order valence-electron chi connectivity index (χ0n) is 41.4. The standard InChI is InChI=1S/C57H63N3O9S2/c1-7-42(61)15-12-20-70-71-57(3,4)19-18-54(64)58(5)41-23-35(32-68-51-29-39-27-49(62)47-25-37-13-8-10-16-45(37)59(47)55(65)43(39)21-34(51)2)22-36(24-41)33-69-53-30-40-28-50(63)48-26-38-14-9-11-17-46(38)60(48)56(66)44(40)31-52(53)67-6/h8-11,13-14,16-17,21-24,29-31,47-50,62-63H,7,12,15,18-20,25-28,32-33H2,1-6H3/t47-,48-,49?,50?/m0/s1. The maximum Gasteiger partial charge on any atom is 0.259 e. The highest BCUT2D eigenvalue weighted by atomic mass is 33.1. The van der Waals surface area contributed by atoms with Crippen molar-refractivity contribution in [3.05, 3.63) is 141 Å². The SMILES string of the molecule is CCC(=O)CCCSSC(C)(C)CCC(=O)N(C)c1cc(COc2cc3c(cc2C)C(=O)N2c4ccccc4C[C@H]2C(O)C3)cc(COc2cc3c(cc2OC)C(=O)N2c4ccccc4C[C@H]2C(O)C3)c1. The molecule has 0 saturated heterocycles. The van der Waals surface area contributed by atoms with Gasteiger partial charge in [0.15, 0.2) is 11.5 Å². The second kappa shape index (κ2) is 21.1. The Morgan fingerprint density at radius 2 is 1.27 bits per heavy atom. The van der Waals surface area contributed by atoms with Gasteiger partial charge in [0.1, 0.15) is 24.7 Å². The molecule has 4 heterocycles. The summed E-state index contributed by atoms with van der Waals surface area (Å²) in [6, 6.07) is 27.9. The van der Waals surface area contributed by atoms with Crippen LogP contribution in [0.3, 0.4) is 0 Å². The molecule has 2 unspecified atom stereocenters. The van der Waals surface area contributed by atoms with Gasteiger partial charge in [0.2, 0.25) is 5.91 Å². The Kier molecular flexibility index (Phi) is 14.9. The summed E-state index contributed by atoms with van der Waals surface area (Å²) in [5.41, 5.74) is 9.10. The van der Waals surface area contributed by atoms with Gasteiger partial charge >= 0.3 is 0 Å². The maximum absolute atomic E-state index is 14.2. The van der Waals surface area contributed by atoms with Gasteiger partial charge in [0, 0.05) is 77.8 Å². The van der Waals surface area contributed by atoms with E-state index in [1.54, 1.807) is 55.5 Å². The average Bonchev–Trinajstić information content (AvgIpc) is 3.91. The van der Waals surface area contributed by atoms with E-state index in [-0.39, 0.29) is 60.0 Å². The van der Waals surface area contributed by atoms with Gasteiger partial charge in [-0.05, 0) is 140 Å². The normalized spacial score (nSPS) is 18.9. The minimum Gasteiger partial charge on any atom is -0.493 e. The van der Waals surface area contributed by atoms with Crippen molar-refractivity contribution in [3.63, 3.8) is 0 Å². The maximum atomic E-state index is 14.2. The third-order valence-corrected chi connectivity index (χ3v) is 17.8. The Morgan fingerprint density at radius 1 is 0.718 bits per heavy atom. The van der Waals surface area contributed by atoms with Gasteiger partial charge < -0.3 is 39.1 Å². The van der Waals surface area contributed by atoms with E-state index < -0.39 is 12.2 Å². The number of amides is 3. The van der Waals surface area contributed by atoms with Crippen LogP contribution in [0.4, 0.5) is 17.1 Å². The van der Waals surface area contributed by atoms with Crippen LogP contribution in [0.2, 0.25) is 0 Å². The summed E-state index contributed by atoms with van der Waals surface area (Å²) in [5, 5.41) is 23.0. The van der Waals surface area contributed by atoms with Gasteiger partial charge in [-0.1, -0.05) is 64.9 Å². The summed E-state index contributed by atoms with van der Waals surface area (Å²) >= 11 is 0. The molecule has 0 aliphatic carbocycles. The van der Waals surface area contributed by atoms with Crippen molar-refractivity contribution in [1.29, 1.82) is 0 Å². The van der Waals surface area contributed by atoms with E-state index >= 15 is 0 Å². The third-order valence-electron chi connectivity index (χ3n) is 14.3. The molecule has 9 rings (SSSR count). The zero-order chi connectivity index (χ0) is 50.1. The van der Waals surface area contributed by atoms with Gasteiger partial charge in [-0.2, -0.15) is 0 Å². The number of aliphatic hydroxyl groups is 2. The first-order valence-corrected chi connectivity index (χ1v) is 27.0. The molecule has 14 heteroatoms. The van der Waals surface area contributed by atoms with Crippen molar-refractivity contribution in [2.45, 2.75) is 128 Å². The number of para-hydroxylation sites is 2. The summed E-state index contributed by atoms with van der Waals surface area (Å²) in [6.07, 6.45) is 3.14. The van der Waals surface area contributed by atoms with E-state index in [2.05, 4.69) is 13.8 Å². The van der Waals surface area contributed by atoms with Crippen LogP contribution in [0.25, 0.3) is 0 Å². The van der Waals surface area contributed by atoms with Gasteiger partial charge in [0.25, 0.3) is 11.8 Å². The van der Waals surface area contributed by atoms with E-state index in [1.807, 2.05) is 92.7 Å².